The molecule has 184 valence electrons. The van der Waals surface area contributed by atoms with E-state index >= 15 is 0 Å². The van der Waals surface area contributed by atoms with Crippen LogP contribution in [0, 0.1) is 0 Å². The van der Waals surface area contributed by atoms with E-state index in [9.17, 15) is 9.59 Å². The molecule has 0 bridgehead atoms. The Morgan fingerprint density at radius 2 is 1.85 bits per heavy atom. The predicted molar refractivity (Wildman–Crippen MR) is 144 cm³/mol. The van der Waals surface area contributed by atoms with Crippen LogP contribution in [0.4, 0.5) is 4.79 Å². The van der Waals surface area contributed by atoms with Crippen molar-refractivity contribution in [3.63, 3.8) is 0 Å². The molecule has 10 heteroatoms. The molecule has 0 spiro atoms. The number of hydrogen-bond acceptors (Lipinski definition) is 4. The summed E-state index contributed by atoms with van der Waals surface area (Å²) in [5.41, 5.74) is 1.76. The third-order valence-electron chi connectivity index (χ3n) is 6.13. The SMILES string of the molecule is BC(B)(C)OC1CC(N2CCN(CCC(=C)NC(=O)COc3ccc(C(C)(C)P)cc3)C2=O)C1. The highest BCUT2D eigenvalue weighted by Crippen LogP contribution is 2.33. The monoisotopic (exact) mass is 485 g/mol. The fraction of sp³-hybridized carbons (Fsp3) is 0.583. The Morgan fingerprint density at radius 3 is 2.44 bits per heavy atom. The normalized spacial score (nSPS) is 20.8. The zero-order chi connectivity index (χ0) is 25.1. The van der Waals surface area contributed by atoms with Crippen molar-refractivity contribution in [2.45, 2.75) is 62.7 Å². The summed E-state index contributed by atoms with van der Waals surface area (Å²) in [6, 6.07) is 8.06. The van der Waals surface area contributed by atoms with Crippen molar-refractivity contribution >= 4 is 36.9 Å². The molecule has 3 rings (SSSR count). The maximum atomic E-state index is 12.8. The molecule has 1 heterocycles. The maximum Gasteiger partial charge on any atom is 0.320 e. The van der Waals surface area contributed by atoms with Crippen LogP contribution < -0.4 is 10.1 Å². The van der Waals surface area contributed by atoms with E-state index in [-0.39, 0.29) is 41.2 Å². The molecule has 1 atom stereocenters. The number of carbonyl (C=O) groups excluding carboxylic acids is 2. The summed E-state index contributed by atoms with van der Waals surface area (Å²) < 4.78 is 11.6. The first-order valence-electron chi connectivity index (χ1n) is 12.0. The van der Waals surface area contributed by atoms with Crippen molar-refractivity contribution in [3.8, 4) is 5.75 Å². The van der Waals surface area contributed by atoms with Gasteiger partial charge in [-0.2, -0.15) is 0 Å². The molecule has 0 radical (unpaired) electrons. The van der Waals surface area contributed by atoms with Gasteiger partial charge in [0.2, 0.25) is 0 Å². The van der Waals surface area contributed by atoms with E-state index in [1.54, 1.807) is 0 Å². The highest BCUT2D eigenvalue weighted by atomic mass is 31.0. The van der Waals surface area contributed by atoms with E-state index < -0.39 is 0 Å². The van der Waals surface area contributed by atoms with E-state index in [1.807, 2.05) is 34.1 Å². The topological polar surface area (TPSA) is 71.1 Å². The first-order chi connectivity index (χ1) is 15.8. The van der Waals surface area contributed by atoms with Gasteiger partial charge in [0.05, 0.1) is 6.10 Å². The van der Waals surface area contributed by atoms with Crippen molar-refractivity contribution in [2.75, 3.05) is 26.2 Å². The molecular weight excluding hydrogens is 447 g/mol. The van der Waals surface area contributed by atoms with Crippen LogP contribution in [-0.2, 0) is 14.7 Å². The van der Waals surface area contributed by atoms with Gasteiger partial charge in [-0.1, -0.05) is 39.5 Å². The van der Waals surface area contributed by atoms with Gasteiger partial charge in [0, 0.05) is 48.3 Å². The van der Waals surface area contributed by atoms with E-state index in [0.717, 1.165) is 19.4 Å². The average molecular weight is 485 g/mol. The smallest absolute Gasteiger partial charge is 0.320 e. The summed E-state index contributed by atoms with van der Waals surface area (Å²) in [5.74, 6) is 0.391. The molecule has 2 aliphatic rings. The van der Waals surface area contributed by atoms with Gasteiger partial charge in [0.1, 0.15) is 21.4 Å². The van der Waals surface area contributed by atoms with E-state index in [2.05, 4.69) is 57.6 Å². The molecular formula is C24H38B2N3O4P. The first kappa shape index (κ1) is 26.6. The van der Waals surface area contributed by atoms with Gasteiger partial charge in [-0.05, 0) is 30.5 Å². The number of nitrogens with one attached hydrogen (secondary N) is 1. The molecule has 1 saturated heterocycles. The minimum absolute atomic E-state index is 0.0115. The molecule has 3 amide bonds. The quantitative estimate of drug-likeness (QED) is 0.381. The Kier molecular flexibility index (Phi) is 8.41. The fourth-order valence-electron chi connectivity index (χ4n) is 4.23. The van der Waals surface area contributed by atoms with E-state index in [0.29, 0.717) is 31.0 Å². The van der Waals surface area contributed by atoms with Crippen LogP contribution >= 0.6 is 9.24 Å². The molecule has 1 aliphatic carbocycles. The second-order valence-corrected chi connectivity index (χ2v) is 12.3. The van der Waals surface area contributed by atoms with Crippen LogP contribution in [0.25, 0.3) is 0 Å². The van der Waals surface area contributed by atoms with Gasteiger partial charge in [-0.3, -0.25) is 4.79 Å². The van der Waals surface area contributed by atoms with E-state index in [1.165, 1.54) is 5.56 Å². The van der Waals surface area contributed by atoms with Crippen molar-refractivity contribution in [3.05, 3.63) is 42.1 Å². The second kappa shape index (κ2) is 10.7. The molecule has 34 heavy (non-hydrogen) atoms. The zero-order valence-electron chi connectivity index (χ0n) is 21.2. The number of hydrogen-bond donors (Lipinski definition) is 1. The average Bonchev–Trinajstić information content (AvgIpc) is 3.06. The largest absolute Gasteiger partial charge is 0.484 e. The Balaban J connectivity index is 1.34. The number of ether oxygens (including phenoxy) is 2. The Labute approximate surface area is 208 Å². The van der Waals surface area contributed by atoms with Gasteiger partial charge < -0.3 is 24.6 Å². The molecule has 1 unspecified atom stereocenters. The van der Waals surface area contributed by atoms with Gasteiger partial charge in [0.15, 0.2) is 6.61 Å². The second-order valence-electron chi connectivity index (χ2n) is 10.9. The number of amides is 3. The Bertz CT molecular complexity index is 893. The summed E-state index contributed by atoms with van der Waals surface area (Å²) in [4.78, 5) is 28.8. The summed E-state index contributed by atoms with van der Waals surface area (Å²) in [5, 5.41) is 2.62. The summed E-state index contributed by atoms with van der Waals surface area (Å²) in [7, 11) is 6.93. The van der Waals surface area contributed by atoms with E-state index in [4.69, 9.17) is 9.47 Å². The third-order valence-corrected chi connectivity index (χ3v) is 6.46. The molecule has 1 N–H and O–H groups in total. The minimum Gasteiger partial charge on any atom is -0.484 e. The van der Waals surface area contributed by atoms with Crippen molar-refractivity contribution < 1.29 is 19.1 Å². The minimum atomic E-state index is -0.255. The number of nitrogens with zero attached hydrogens (tertiary/aromatic N) is 2. The van der Waals surface area contributed by atoms with Crippen LogP contribution in [0.15, 0.2) is 36.5 Å². The lowest BCUT2D eigenvalue weighted by atomic mass is 9.66. The van der Waals surface area contributed by atoms with Gasteiger partial charge in [0.25, 0.3) is 5.91 Å². The first-order valence-corrected chi connectivity index (χ1v) is 12.6. The highest BCUT2D eigenvalue weighted by molar-refractivity contribution is 7.18. The van der Waals surface area contributed by atoms with Crippen LogP contribution in [-0.4, -0.2) is 81.2 Å². The summed E-state index contributed by atoms with van der Waals surface area (Å²) >= 11 is 0. The fourth-order valence-corrected chi connectivity index (χ4v) is 4.42. The van der Waals surface area contributed by atoms with Crippen molar-refractivity contribution in [2.24, 2.45) is 0 Å². The Morgan fingerprint density at radius 1 is 1.21 bits per heavy atom. The van der Waals surface area contributed by atoms with Crippen molar-refractivity contribution in [1.29, 1.82) is 0 Å². The molecule has 1 aromatic carbocycles. The zero-order valence-corrected chi connectivity index (χ0v) is 22.4. The lowest BCUT2D eigenvalue weighted by Crippen LogP contribution is -2.52. The standard InChI is InChI=1S/C24H38B2N3O4P/c1-16(27-21(30)15-32-19-7-5-17(6-8-19)23(2,3)34)9-10-28-11-12-29(22(28)31)18-13-20(14-18)33-24(4,25)26/h5-8,18,20H,1,9-15,25-26,34H2,2-4H3,(H,27,30). The lowest BCUT2D eigenvalue weighted by molar-refractivity contribution is -0.122. The molecule has 1 saturated carbocycles. The lowest BCUT2D eigenvalue weighted by Gasteiger charge is -2.43. The summed E-state index contributed by atoms with van der Waals surface area (Å²) in [6.45, 7) is 12.1. The number of carbonyl (C=O) groups is 2. The molecule has 1 aliphatic heterocycles. The number of benzene rings is 1. The molecule has 1 aromatic rings. The molecule has 2 fully saturated rings. The van der Waals surface area contributed by atoms with Crippen LogP contribution in [0.3, 0.4) is 0 Å². The van der Waals surface area contributed by atoms with Crippen LogP contribution in [0.5, 0.6) is 5.75 Å². The third kappa shape index (κ3) is 7.51. The summed E-state index contributed by atoms with van der Waals surface area (Å²) in [6.07, 6.45) is 2.55. The Hall–Kier alpha value is -1.98. The van der Waals surface area contributed by atoms with Crippen molar-refractivity contribution in [1.82, 2.24) is 15.1 Å². The van der Waals surface area contributed by atoms with Gasteiger partial charge >= 0.3 is 6.03 Å². The van der Waals surface area contributed by atoms with Crippen LogP contribution in [0.2, 0.25) is 0 Å². The number of rotatable bonds is 11. The predicted octanol–water partition coefficient (Wildman–Crippen LogP) is 1.42. The molecule has 7 nitrogen and oxygen atoms in total. The van der Waals surface area contributed by atoms with Gasteiger partial charge in [-0.25, -0.2) is 4.79 Å². The molecule has 0 aromatic heterocycles. The van der Waals surface area contributed by atoms with Gasteiger partial charge in [-0.15, -0.1) is 9.24 Å². The highest BCUT2D eigenvalue weighted by Gasteiger charge is 2.42. The van der Waals surface area contributed by atoms with Crippen LogP contribution in [0.1, 0.15) is 45.6 Å². The number of urea groups is 1. The maximum absolute atomic E-state index is 12.8.